The van der Waals surface area contributed by atoms with Crippen molar-refractivity contribution in [3.63, 3.8) is 0 Å². The Bertz CT molecular complexity index is 1240. The van der Waals surface area contributed by atoms with Crippen LogP contribution in [0.2, 0.25) is 0 Å². The largest absolute Gasteiger partial charge is 0.359 e. The number of benzene rings is 1. The van der Waals surface area contributed by atoms with Crippen LogP contribution in [-0.4, -0.2) is 28.3 Å². The molecule has 1 N–H and O–H groups in total. The number of nitrogens with one attached hydrogen (secondary N) is 1. The van der Waals surface area contributed by atoms with Gasteiger partial charge in [-0.3, -0.25) is 4.98 Å². The molecule has 0 amide bonds. The molecule has 4 aliphatic carbocycles. The zero-order valence-electron chi connectivity index (χ0n) is 20.4. The summed E-state index contributed by atoms with van der Waals surface area (Å²) < 4.78 is 7.46. The minimum absolute atomic E-state index is 0.00705. The molecule has 176 valence electrons. The van der Waals surface area contributed by atoms with E-state index in [9.17, 15) is 0 Å². The summed E-state index contributed by atoms with van der Waals surface area (Å²) in [5.41, 5.74) is 4.87. The summed E-state index contributed by atoms with van der Waals surface area (Å²) >= 11 is 0. The molecule has 3 nitrogen and oxygen atoms in total. The summed E-state index contributed by atoms with van der Waals surface area (Å²) in [6, 6.07) is 10.7. The molecule has 8 rings (SSSR count). The third-order valence-corrected chi connectivity index (χ3v) is 10.8. The second-order valence-electron chi connectivity index (χ2n) is 12.6. The first kappa shape index (κ1) is 20.2. The minimum atomic E-state index is -0.0505. The van der Waals surface area contributed by atoms with Gasteiger partial charge in [0.2, 0.25) is 0 Å². The number of rotatable bonds is 3. The van der Waals surface area contributed by atoms with Crippen molar-refractivity contribution in [3.8, 4) is 0 Å². The maximum absolute atomic E-state index is 7.46. The van der Waals surface area contributed by atoms with E-state index >= 15 is 0 Å². The number of ether oxygens (including phenoxy) is 1. The van der Waals surface area contributed by atoms with Gasteiger partial charge in [-0.2, -0.15) is 0 Å². The summed E-state index contributed by atoms with van der Waals surface area (Å²) in [6.45, 7) is 2.58. The Morgan fingerprint density at radius 3 is 2.85 bits per heavy atom. The molecule has 6 atom stereocenters. The predicted octanol–water partition coefficient (Wildman–Crippen LogP) is 6.60. The number of pyridine rings is 1. The average molecular weight is 453 g/mol. The fraction of sp³-hybridized carbons (Fsp3) is 0.581. The van der Waals surface area contributed by atoms with Gasteiger partial charge >= 0.3 is 0 Å². The van der Waals surface area contributed by atoms with Crippen molar-refractivity contribution in [2.75, 3.05) is 0 Å². The van der Waals surface area contributed by atoms with Crippen molar-refractivity contribution in [2.45, 2.75) is 100 Å². The summed E-state index contributed by atoms with van der Waals surface area (Å²) in [5, 5.41) is 6.51. The fourth-order valence-electron chi connectivity index (χ4n) is 9.00. The van der Waals surface area contributed by atoms with Gasteiger partial charge in [0.15, 0.2) is 0 Å². The van der Waals surface area contributed by atoms with Crippen LogP contribution in [0.4, 0.5) is 0 Å². The number of hydrogen-bond donors (Lipinski definition) is 1. The number of hydrogen-bond acceptors (Lipinski definition) is 3. The molecule has 4 fully saturated rings. The Hall–Kier alpha value is -1.97. The SMILES string of the molecule is C[C@]12CC=C3C=C4CC[C@@H](NC5CC5)C[C@]45CC[C@]3(O5)[C@@H]1CC[C@@H]2c1ccc2ccncc2c1. The maximum Gasteiger partial charge on any atom is 0.0974 e. The van der Waals surface area contributed by atoms with Gasteiger partial charge in [-0.15, -0.1) is 0 Å². The topological polar surface area (TPSA) is 34.1 Å². The van der Waals surface area contributed by atoms with E-state index in [2.05, 4.69) is 53.6 Å². The molecule has 0 radical (unpaired) electrons. The molecule has 2 aromatic rings. The highest BCUT2D eigenvalue weighted by molar-refractivity contribution is 5.82. The van der Waals surface area contributed by atoms with E-state index in [0.717, 1.165) is 6.04 Å². The lowest BCUT2D eigenvalue weighted by molar-refractivity contribution is -0.136. The molecule has 1 aromatic heterocycles. The molecule has 3 saturated carbocycles. The lowest BCUT2D eigenvalue weighted by Crippen LogP contribution is -2.55. The van der Waals surface area contributed by atoms with Gasteiger partial charge in [0, 0.05) is 29.9 Å². The van der Waals surface area contributed by atoms with E-state index in [1.54, 1.807) is 5.57 Å². The molecular weight excluding hydrogens is 416 g/mol. The molecule has 2 aliphatic heterocycles. The summed E-state index contributed by atoms with van der Waals surface area (Å²) in [5.74, 6) is 1.21. The third-order valence-electron chi connectivity index (χ3n) is 10.8. The van der Waals surface area contributed by atoms with E-state index in [1.165, 1.54) is 86.1 Å². The normalized spacial score (nSPS) is 42.6. The van der Waals surface area contributed by atoms with Crippen LogP contribution in [0.25, 0.3) is 10.8 Å². The summed E-state index contributed by atoms with van der Waals surface area (Å²) in [6.07, 6.45) is 21.7. The van der Waals surface area contributed by atoms with Crippen molar-refractivity contribution in [2.24, 2.45) is 11.3 Å². The van der Waals surface area contributed by atoms with Crippen LogP contribution in [0.15, 0.2) is 60.0 Å². The zero-order valence-corrected chi connectivity index (χ0v) is 20.4. The van der Waals surface area contributed by atoms with Crippen LogP contribution in [-0.2, 0) is 4.74 Å². The van der Waals surface area contributed by atoms with E-state index in [4.69, 9.17) is 4.74 Å². The zero-order chi connectivity index (χ0) is 22.5. The minimum Gasteiger partial charge on any atom is -0.359 e. The highest BCUT2D eigenvalue weighted by atomic mass is 16.5. The van der Waals surface area contributed by atoms with Gasteiger partial charge in [-0.05, 0) is 116 Å². The first-order valence-electron chi connectivity index (χ1n) is 13.8. The van der Waals surface area contributed by atoms with Gasteiger partial charge in [-0.25, -0.2) is 0 Å². The monoisotopic (exact) mass is 452 g/mol. The van der Waals surface area contributed by atoms with Gasteiger partial charge in [-0.1, -0.05) is 31.2 Å². The molecule has 2 spiro atoms. The van der Waals surface area contributed by atoms with Crippen molar-refractivity contribution < 1.29 is 4.74 Å². The Balaban J connectivity index is 1.15. The van der Waals surface area contributed by atoms with Crippen molar-refractivity contribution in [1.82, 2.24) is 10.3 Å². The fourth-order valence-corrected chi connectivity index (χ4v) is 9.00. The molecule has 1 saturated heterocycles. The molecule has 2 bridgehead atoms. The van der Waals surface area contributed by atoms with Crippen LogP contribution >= 0.6 is 0 Å². The van der Waals surface area contributed by atoms with Gasteiger partial charge in [0.05, 0.1) is 11.2 Å². The molecule has 0 unspecified atom stereocenters. The van der Waals surface area contributed by atoms with E-state index in [0.29, 0.717) is 17.9 Å². The Labute approximate surface area is 203 Å². The van der Waals surface area contributed by atoms with Crippen LogP contribution in [0.1, 0.15) is 82.6 Å². The molecular formula is C31H36N2O. The van der Waals surface area contributed by atoms with Crippen LogP contribution in [0, 0.1) is 11.3 Å². The summed E-state index contributed by atoms with van der Waals surface area (Å²) in [7, 11) is 0. The average Bonchev–Trinajstić information content (AvgIpc) is 3.52. The smallest absolute Gasteiger partial charge is 0.0974 e. The van der Waals surface area contributed by atoms with Crippen molar-refractivity contribution in [1.29, 1.82) is 0 Å². The van der Waals surface area contributed by atoms with Crippen LogP contribution < -0.4 is 5.32 Å². The number of fused-ring (bicyclic) bond motifs is 2. The quantitative estimate of drug-likeness (QED) is 0.570. The molecule has 6 aliphatic rings. The standard InChI is InChI=1S/C31H36N2O/c1-29-12-10-24-17-23-4-5-26(33-25-6-7-25)18-30(23)13-14-31(24,34-30)28(29)9-8-27(29)21-3-2-20-11-15-32-19-22(20)16-21/h2-3,10-11,15-17,19,25-28,33H,4-9,12-14,18H2,1H3/t26-,27-,28-,29-,30-,31-/m1/s1. The number of nitrogens with zero attached hydrogens (tertiary/aromatic N) is 1. The highest BCUT2D eigenvalue weighted by Crippen LogP contribution is 2.69. The Morgan fingerprint density at radius 1 is 1.00 bits per heavy atom. The molecule has 34 heavy (non-hydrogen) atoms. The molecule has 1 aromatic carbocycles. The van der Waals surface area contributed by atoms with Crippen molar-refractivity contribution in [3.05, 3.63) is 65.5 Å². The van der Waals surface area contributed by atoms with E-state index < -0.39 is 0 Å². The van der Waals surface area contributed by atoms with Gasteiger partial charge in [0.25, 0.3) is 0 Å². The Morgan fingerprint density at radius 2 is 1.94 bits per heavy atom. The van der Waals surface area contributed by atoms with Crippen LogP contribution in [0.3, 0.4) is 0 Å². The first-order chi connectivity index (χ1) is 16.6. The van der Waals surface area contributed by atoms with Crippen LogP contribution in [0.5, 0.6) is 0 Å². The molecule has 3 heterocycles. The Kier molecular flexibility index (Phi) is 4.06. The number of aromatic nitrogens is 1. The molecule has 3 heteroatoms. The lowest BCUT2D eigenvalue weighted by atomic mass is 9.58. The van der Waals surface area contributed by atoms with Gasteiger partial charge in [0.1, 0.15) is 0 Å². The van der Waals surface area contributed by atoms with Crippen molar-refractivity contribution >= 4 is 10.8 Å². The predicted molar refractivity (Wildman–Crippen MR) is 136 cm³/mol. The van der Waals surface area contributed by atoms with E-state index in [1.807, 2.05) is 12.4 Å². The first-order valence-corrected chi connectivity index (χ1v) is 13.8. The maximum atomic E-state index is 7.46. The second kappa shape index (κ2) is 6.83. The summed E-state index contributed by atoms with van der Waals surface area (Å²) in [4.78, 5) is 4.39. The second-order valence-corrected chi connectivity index (χ2v) is 12.6. The van der Waals surface area contributed by atoms with E-state index in [-0.39, 0.29) is 16.6 Å². The number of allylic oxidation sites excluding steroid dienone is 1. The van der Waals surface area contributed by atoms with Gasteiger partial charge < -0.3 is 10.1 Å². The third kappa shape index (κ3) is 2.69. The lowest BCUT2D eigenvalue weighted by Gasteiger charge is -2.54. The highest BCUT2D eigenvalue weighted by Gasteiger charge is 2.66.